The average Bonchev–Trinajstić information content (AvgIpc) is 3.10. The highest BCUT2D eigenvalue weighted by molar-refractivity contribution is 9.10. The van der Waals surface area contributed by atoms with Crippen molar-refractivity contribution in [3.8, 4) is 0 Å². The molecule has 0 spiro atoms. The van der Waals surface area contributed by atoms with Crippen LogP contribution in [0.1, 0.15) is 64.2 Å². The molecule has 0 saturated carbocycles. The van der Waals surface area contributed by atoms with Gasteiger partial charge in [-0.1, -0.05) is 47.5 Å². The first-order valence-corrected chi connectivity index (χ1v) is 12.2. The Kier molecular flexibility index (Phi) is 9.30. The van der Waals surface area contributed by atoms with Crippen LogP contribution in [0.4, 0.5) is 5.69 Å². The predicted octanol–water partition coefficient (Wildman–Crippen LogP) is 5.96. The summed E-state index contributed by atoms with van der Waals surface area (Å²) in [6, 6.07) is 5.24. The Hall–Kier alpha value is -1.67. The third kappa shape index (κ3) is 6.91. The minimum atomic E-state index is -0.498. The number of nitrogens with zero attached hydrogens (tertiary/aromatic N) is 3. The van der Waals surface area contributed by atoms with E-state index in [4.69, 9.17) is 0 Å². The van der Waals surface area contributed by atoms with Gasteiger partial charge in [-0.3, -0.25) is 9.59 Å². The smallest absolute Gasteiger partial charge is 0.229 e. The zero-order chi connectivity index (χ0) is 23.2. The standard InChI is InChI=1S/C23H32Br2N4O2/c1-6-16(7-2)10-11-28-12-13-29(22(28)27-25)15-20(30)17-8-9-19(18(24)14-17)26-21(31)23(3,4)5/h8-9,12-14,16H,6-7,10-11,15H2,1-5H3,(H,26,31). The molecule has 0 atom stereocenters. The molecule has 2 rings (SSSR count). The first-order valence-electron chi connectivity index (χ1n) is 10.6. The van der Waals surface area contributed by atoms with Crippen molar-refractivity contribution >= 4 is 49.5 Å². The molecule has 0 aliphatic carbocycles. The summed E-state index contributed by atoms with van der Waals surface area (Å²) >= 11 is 6.68. The summed E-state index contributed by atoms with van der Waals surface area (Å²) in [6.45, 7) is 11.1. The van der Waals surface area contributed by atoms with Crippen molar-refractivity contribution in [1.29, 1.82) is 0 Å². The van der Waals surface area contributed by atoms with Crippen LogP contribution in [-0.4, -0.2) is 20.8 Å². The van der Waals surface area contributed by atoms with Gasteiger partial charge in [-0.25, -0.2) is 0 Å². The van der Waals surface area contributed by atoms with E-state index in [0.29, 0.717) is 27.3 Å². The molecule has 170 valence electrons. The minimum absolute atomic E-state index is 0.0328. The molecule has 1 heterocycles. The average molecular weight is 556 g/mol. The molecule has 31 heavy (non-hydrogen) atoms. The molecular formula is C23H32Br2N4O2. The molecule has 1 N–H and O–H groups in total. The maximum Gasteiger partial charge on any atom is 0.229 e. The molecule has 0 fully saturated rings. The number of aryl methyl sites for hydroxylation is 1. The number of rotatable bonds is 9. The molecule has 0 saturated heterocycles. The zero-order valence-corrected chi connectivity index (χ0v) is 22.1. The lowest BCUT2D eigenvalue weighted by molar-refractivity contribution is -0.123. The Labute approximate surface area is 201 Å². The molecule has 1 aromatic heterocycles. The normalized spacial score (nSPS) is 12.5. The van der Waals surface area contributed by atoms with Crippen LogP contribution in [0.3, 0.4) is 0 Å². The molecule has 0 radical (unpaired) electrons. The van der Waals surface area contributed by atoms with Gasteiger partial charge in [-0.15, -0.1) is 0 Å². The van der Waals surface area contributed by atoms with Crippen LogP contribution in [0, 0.1) is 11.3 Å². The van der Waals surface area contributed by atoms with E-state index in [1.807, 2.05) is 37.7 Å². The fraction of sp³-hybridized carbons (Fsp3) is 0.522. The van der Waals surface area contributed by atoms with E-state index in [0.717, 1.165) is 25.8 Å². The Morgan fingerprint density at radius 1 is 1.13 bits per heavy atom. The number of Topliss-reactive ketones (excluding diaryl/α,β-unsaturated/α-hetero) is 1. The number of imidazole rings is 1. The van der Waals surface area contributed by atoms with Crippen LogP contribution in [0.15, 0.2) is 39.1 Å². The Balaban J connectivity index is 2.13. The molecule has 2 aromatic rings. The molecular weight excluding hydrogens is 524 g/mol. The Morgan fingerprint density at radius 2 is 1.77 bits per heavy atom. The van der Waals surface area contributed by atoms with Crippen molar-refractivity contribution in [1.82, 2.24) is 9.13 Å². The van der Waals surface area contributed by atoms with Gasteiger partial charge in [0, 0.05) is 34.4 Å². The lowest BCUT2D eigenvalue weighted by atomic mass is 9.95. The van der Waals surface area contributed by atoms with Crippen LogP contribution in [0.2, 0.25) is 0 Å². The fourth-order valence-electron chi connectivity index (χ4n) is 3.22. The first kappa shape index (κ1) is 25.6. The van der Waals surface area contributed by atoms with Crippen LogP contribution in [-0.2, 0) is 17.9 Å². The van der Waals surface area contributed by atoms with Gasteiger partial charge in [-0.05, 0) is 46.5 Å². The van der Waals surface area contributed by atoms with Crippen molar-refractivity contribution in [2.45, 2.75) is 67.0 Å². The molecule has 0 aliphatic heterocycles. The molecule has 1 amide bonds. The maximum atomic E-state index is 12.9. The summed E-state index contributed by atoms with van der Waals surface area (Å²) in [6.07, 6.45) is 7.27. The van der Waals surface area contributed by atoms with Crippen molar-refractivity contribution in [3.63, 3.8) is 0 Å². The quantitative estimate of drug-likeness (QED) is 0.388. The summed E-state index contributed by atoms with van der Waals surface area (Å²) < 4.78 is 8.81. The topological polar surface area (TPSA) is 68.4 Å². The van der Waals surface area contributed by atoms with E-state index in [-0.39, 0.29) is 18.2 Å². The third-order valence-electron chi connectivity index (χ3n) is 5.48. The number of hydrogen-bond donors (Lipinski definition) is 1. The van der Waals surface area contributed by atoms with E-state index in [1.54, 1.807) is 18.2 Å². The van der Waals surface area contributed by atoms with Gasteiger partial charge in [0.2, 0.25) is 11.5 Å². The molecule has 0 aliphatic rings. The molecule has 0 unspecified atom stereocenters. The first-order chi connectivity index (χ1) is 14.6. The van der Waals surface area contributed by atoms with Gasteiger partial charge in [-0.2, -0.15) is 4.02 Å². The summed E-state index contributed by atoms with van der Waals surface area (Å²) in [7, 11) is 0. The van der Waals surface area contributed by atoms with Gasteiger partial charge >= 0.3 is 0 Å². The van der Waals surface area contributed by atoms with Gasteiger partial charge in [0.25, 0.3) is 0 Å². The highest BCUT2D eigenvalue weighted by Gasteiger charge is 2.22. The monoisotopic (exact) mass is 554 g/mol. The van der Waals surface area contributed by atoms with Crippen LogP contribution in [0.5, 0.6) is 0 Å². The molecule has 8 heteroatoms. The zero-order valence-electron chi connectivity index (χ0n) is 18.9. The number of benzene rings is 1. The van der Waals surface area contributed by atoms with Crippen molar-refractivity contribution < 1.29 is 9.59 Å². The number of aromatic nitrogens is 2. The largest absolute Gasteiger partial charge is 0.325 e. The number of nitrogens with one attached hydrogen (secondary N) is 1. The predicted molar refractivity (Wildman–Crippen MR) is 132 cm³/mol. The van der Waals surface area contributed by atoms with E-state index >= 15 is 0 Å². The summed E-state index contributed by atoms with van der Waals surface area (Å²) in [5.41, 5.74) is 1.43. The maximum absolute atomic E-state index is 12.9. The number of ketones is 1. The van der Waals surface area contributed by atoms with Gasteiger partial charge < -0.3 is 14.5 Å². The SMILES string of the molecule is CCC(CC)CCn1ccn(CC(=O)c2ccc(NC(=O)C(C)(C)C)c(Br)c2)c1=NBr. The van der Waals surface area contributed by atoms with E-state index < -0.39 is 5.41 Å². The third-order valence-corrected chi connectivity index (χ3v) is 6.46. The number of carbonyl (C=O) groups is 2. The highest BCUT2D eigenvalue weighted by Crippen LogP contribution is 2.26. The summed E-state index contributed by atoms with van der Waals surface area (Å²) in [5.74, 6) is 0.575. The van der Waals surface area contributed by atoms with Gasteiger partial charge in [0.05, 0.1) is 28.4 Å². The minimum Gasteiger partial charge on any atom is -0.325 e. The number of anilines is 1. The van der Waals surface area contributed by atoms with Crippen LogP contribution >= 0.6 is 32.1 Å². The number of halogens is 2. The Bertz CT molecular complexity index is 982. The second-order valence-electron chi connectivity index (χ2n) is 8.80. The number of carbonyl (C=O) groups excluding carboxylic acids is 2. The van der Waals surface area contributed by atoms with Crippen LogP contribution in [0.25, 0.3) is 0 Å². The molecule has 0 bridgehead atoms. The fourth-order valence-corrected chi connectivity index (χ4v) is 4.10. The van der Waals surface area contributed by atoms with Crippen molar-refractivity contribution in [2.24, 2.45) is 15.4 Å². The van der Waals surface area contributed by atoms with Crippen molar-refractivity contribution in [2.75, 3.05) is 5.32 Å². The highest BCUT2D eigenvalue weighted by atomic mass is 79.9. The number of amides is 1. The molecule has 1 aromatic carbocycles. The van der Waals surface area contributed by atoms with Crippen LogP contribution < -0.4 is 10.9 Å². The number of hydrogen-bond acceptors (Lipinski definition) is 3. The van der Waals surface area contributed by atoms with Crippen molar-refractivity contribution in [3.05, 3.63) is 46.2 Å². The lowest BCUT2D eigenvalue weighted by Gasteiger charge is -2.18. The van der Waals surface area contributed by atoms with E-state index in [9.17, 15) is 9.59 Å². The molecule has 6 nitrogen and oxygen atoms in total. The Morgan fingerprint density at radius 3 is 2.32 bits per heavy atom. The van der Waals surface area contributed by atoms with Gasteiger partial charge in [0.1, 0.15) is 0 Å². The summed E-state index contributed by atoms with van der Waals surface area (Å²) in [4.78, 5) is 25.1. The second kappa shape index (κ2) is 11.3. The lowest BCUT2D eigenvalue weighted by Crippen LogP contribution is -2.28. The second-order valence-corrected chi connectivity index (χ2v) is 10.0. The van der Waals surface area contributed by atoms with E-state index in [2.05, 4.69) is 59.8 Å². The van der Waals surface area contributed by atoms with E-state index in [1.165, 1.54) is 0 Å². The summed E-state index contributed by atoms with van der Waals surface area (Å²) in [5, 5.41) is 2.89. The van der Waals surface area contributed by atoms with Gasteiger partial charge in [0.15, 0.2) is 5.78 Å².